The predicted octanol–water partition coefficient (Wildman–Crippen LogP) is 3.83. The Balaban J connectivity index is 2.77. The number of nitrogens with zero attached hydrogens (tertiary/aromatic N) is 1. The van der Waals surface area contributed by atoms with Crippen LogP contribution in [0.25, 0.3) is 11.1 Å². The number of hydrogen-bond acceptors (Lipinski definition) is 1. The molecule has 0 unspecified atom stereocenters. The first-order valence-electron chi connectivity index (χ1n) is 5.33. The smallest absolute Gasteiger partial charge is 0.318 e. The predicted molar refractivity (Wildman–Crippen MR) is 69.8 cm³/mol. The zero-order valence-corrected chi connectivity index (χ0v) is 11.4. The molecule has 0 atom stereocenters. The van der Waals surface area contributed by atoms with Gasteiger partial charge in [-0.05, 0) is 23.8 Å². The van der Waals surface area contributed by atoms with Gasteiger partial charge in [0.25, 0.3) is 5.56 Å². The van der Waals surface area contributed by atoms with Crippen LogP contribution in [0.2, 0.25) is 0 Å². The van der Waals surface area contributed by atoms with Gasteiger partial charge in [-0.1, -0.05) is 28.1 Å². The van der Waals surface area contributed by atoms with Gasteiger partial charge in [0.15, 0.2) is 0 Å². The third-order valence-corrected chi connectivity index (χ3v) is 3.24. The summed E-state index contributed by atoms with van der Waals surface area (Å²) in [6, 6.07) is 7.08. The van der Waals surface area contributed by atoms with Crippen LogP contribution in [0.4, 0.5) is 13.2 Å². The Labute approximate surface area is 115 Å². The van der Waals surface area contributed by atoms with Crippen molar-refractivity contribution in [3.8, 4) is 11.1 Å². The van der Waals surface area contributed by atoms with Gasteiger partial charge in [0.1, 0.15) is 0 Å². The average Bonchev–Trinajstić information content (AvgIpc) is 2.32. The molecule has 0 aliphatic rings. The molecule has 0 saturated carbocycles. The van der Waals surface area contributed by atoms with Crippen LogP contribution in [-0.2, 0) is 13.2 Å². The minimum Gasteiger partial charge on any atom is -0.318 e. The maximum Gasteiger partial charge on any atom is 0.417 e. The monoisotopic (exact) mass is 331 g/mol. The molecular formula is C13H9BrF3NO. The second-order valence-corrected chi connectivity index (χ2v) is 4.94. The van der Waals surface area contributed by atoms with Crippen LogP contribution in [0.15, 0.2) is 45.8 Å². The van der Waals surface area contributed by atoms with Crippen LogP contribution in [0.3, 0.4) is 0 Å². The topological polar surface area (TPSA) is 22.0 Å². The highest BCUT2D eigenvalue weighted by molar-refractivity contribution is 9.10. The molecule has 0 fully saturated rings. The van der Waals surface area contributed by atoms with E-state index in [1.54, 1.807) is 12.1 Å². The highest BCUT2D eigenvalue weighted by Gasteiger charge is 2.35. The van der Waals surface area contributed by atoms with E-state index in [0.717, 1.165) is 21.3 Å². The Bertz CT molecular complexity index is 659. The number of alkyl halides is 3. The molecule has 0 spiro atoms. The van der Waals surface area contributed by atoms with Gasteiger partial charge in [-0.2, -0.15) is 13.2 Å². The molecule has 2 rings (SSSR count). The second-order valence-electron chi connectivity index (χ2n) is 4.03. The lowest BCUT2D eigenvalue weighted by molar-refractivity contribution is -0.137. The van der Waals surface area contributed by atoms with Crippen molar-refractivity contribution in [3.05, 3.63) is 56.9 Å². The number of pyridine rings is 1. The molecule has 1 aromatic heterocycles. The molecule has 2 aromatic rings. The Kier molecular flexibility index (Phi) is 3.54. The first-order valence-corrected chi connectivity index (χ1v) is 6.13. The molecule has 2 nitrogen and oxygen atoms in total. The largest absolute Gasteiger partial charge is 0.417 e. The molecular weight excluding hydrogens is 323 g/mol. The standard InChI is InChI=1S/C13H9BrF3NO/c1-18-7-6-10(13(15,16)17)11(12(18)19)8-2-4-9(14)5-3-8/h2-7H,1H3. The van der Waals surface area contributed by atoms with Gasteiger partial charge in [0.2, 0.25) is 0 Å². The maximum atomic E-state index is 13.0. The summed E-state index contributed by atoms with van der Waals surface area (Å²) in [6.07, 6.45) is -3.44. The van der Waals surface area contributed by atoms with Crippen molar-refractivity contribution < 1.29 is 13.2 Å². The zero-order valence-electron chi connectivity index (χ0n) is 9.83. The van der Waals surface area contributed by atoms with E-state index in [0.29, 0.717) is 0 Å². The quantitative estimate of drug-likeness (QED) is 0.778. The van der Waals surface area contributed by atoms with Crippen LogP contribution in [0.1, 0.15) is 5.56 Å². The van der Waals surface area contributed by atoms with E-state index in [4.69, 9.17) is 0 Å². The Morgan fingerprint density at radius 3 is 2.21 bits per heavy atom. The van der Waals surface area contributed by atoms with Crippen molar-refractivity contribution in [1.29, 1.82) is 0 Å². The fourth-order valence-electron chi connectivity index (χ4n) is 1.76. The third-order valence-electron chi connectivity index (χ3n) is 2.71. The third kappa shape index (κ3) is 2.73. The SMILES string of the molecule is Cn1ccc(C(F)(F)F)c(-c2ccc(Br)cc2)c1=O. The number of halogens is 4. The molecule has 1 heterocycles. The molecule has 0 saturated heterocycles. The fraction of sp³-hybridized carbons (Fsp3) is 0.154. The molecule has 0 bridgehead atoms. The van der Waals surface area contributed by atoms with Crippen molar-refractivity contribution in [2.75, 3.05) is 0 Å². The van der Waals surface area contributed by atoms with E-state index < -0.39 is 17.3 Å². The minimum absolute atomic E-state index is 0.247. The van der Waals surface area contributed by atoms with E-state index in [9.17, 15) is 18.0 Å². The highest BCUT2D eigenvalue weighted by atomic mass is 79.9. The highest BCUT2D eigenvalue weighted by Crippen LogP contribution is 2.35. The van der Waals surface area contributed by atoms with Crippen molar-refractivity contribution >= 4 is 15.9 Å². The molecule has 0 radical (unpaired) electrons. The molecule has 6 heteroatoms. The molecule has 0 amide bonds. The van der Waals surface area contributed by atoms with Crippen molar-refractivity contribution in [2.45, 2.75) is 6.18 Å². The summed E-state index contributed by atoms with van der Waals surface area (Å²) in [5.41, 5.74) is -1.67. The molecule has 100 valence electrons. The van der Waals surface area contributed by atoms with Gasteiger partial charge in [0, 0.05) is 17.7 Å². The van der Waals surface area contributed by atoms with E-state index in [1.807, 2.05) is 0 Å². The normalized spacial score (nSPS) is 11.6. The summed E-state index contributed by atoms with van der Waals surface area (Å²) >= 11 is 3.20. The lowest BCUT2D eigenvalue weighted by Crippen LogP contribution is -2.23. The molecule has 0 aliphatic heterocycles. The fourth-order valence-corrected chi connectivity index (χ4v) is 2.03. The van der Waals surface area contributed by atoms with E-state index >= 15 is 0 Å². The summed E-state index contributed by atoms with van der Waals surface area (Å²) in [5, 5.41) is 0. The van der Waals surface area contributed by atoms with Crippen molar-refractivity contribution in [3.63, 3.8) is 0 Å². The van der Waals surface area contributed by atoms with Gasteiger partial charge < -0.3 is 4.57 Å². The second kappa shape index (κ2) is 4.85. The maximum absolute atomic E-state index is 13.0. The van der Waals surface area contributed by atoms with Gasteiger partial charge in [0.05, 0.1) is 11.1 Å². The summed E-state index contributed by atoms with van der Waals surface area (Å²) in [6.45, 7) is 0. The minimum atomic E-state index is -4.56. The number of benzene rings is 1. The lowest BCUT2D eigenvalue weighted by Gasteiger charge is -2.13. The molecule has 19 heavy (non-hydrogen) atoms. The Morgan fingerprint density at radius 1 is 1.11 bits per heavy atom. The Morgan fingerprint density at radius 2 is 1.68 bits per heavy atom. The van der Waals surface area contributed by atoms with Crippen LogP contribution < -0.4 is 5.56 Å². The van der Waals surface area contributed by atoms with Gasteiger partial charge in [-0.15, -0.1) is 0 Å². The first-order chi connectivity index (χ1) is 8.80. The molecule has 0 aliphatic carbocycles. The van der Waals surface area contributed by atoms with Gasteiger partial charge in [-0.3, -0.25) is 4.79 Å². The van der Waals surface area contributed by atoms with Gasteiger partial charge in [-0.25, -0.2) is 0 Å². The number of hydrogen-bond donors (Lipinski definition) is 0. The van der Waals surface area contributed by atoms with Crippen molar-refractivity contribution in [1.82, 2.24) is 4.57 Å². The van der Waals surface area contributed by atoms with Crippen LogP contribution in [0, 0.1) is 0 Å². The lowest BCUT2D eigenvalue weighted by atomic mass is 10.0. The first kappa shape index (κ1) is 13.9. The van der Waals surface area contributed by atoms with E-state index in [1.165, 1.54) is 19.2 Å². The molecule has 1 aromatic carbocycles. The molecule has 0 N–H and O–H groups in total. The zero-order chi connectivity index (χ0) is 14.2. The van der Waals surface area contributed by atoms with E-state index in [-0.39, 0.29) is 11.1 Å². The Hall–Kier alpha value is -1.56. The number of aryl methyl sites for hydroxylation is 1. The number of rotatable bonds is 1. The summed E-state index contributed by atoms with van der Waals surface area (Å²) < 4.78 is 40.8. The summed E-state index contributed by atoms with van der Waals surface area (Å²) in [5.74, 6) is 0. The summed E-state index contributed by atoms with van der Waals surface area (Å²) in [7, 11) is 1.42. The van der Waals surface area contributed by atoms with Crippen LogP contribution in [0.5, 0.6) is 0 Å². The van der Waals surface area contributed by atoms with Crippen LogP contribution in [-0.4, -0.2) is 4.57 Å². The van der Waals surface area contributed by atoms with Gasteiger partial charge >= 0.3 is 6.18 Å². The van der Waals surface area contributed by atoms with Crippen molar-refractivity contribution in [2.24, 2.45) is 7.05 Å². The number of aromatic nitrogens is 1. The average molecular weight is 332 g/mol. The summed E-state index contributed by atoms with van der Waals surface area (Å²) in [4.78, 5) is 12.0. The van der Waals surface area contributed by atoms with Crippen LogP contribution >= 0.6 is 15.9 Å². The van der Waals surface area contributed by atoms with E-state index in [2.05, 4.69) is 15.9 Å².